The molecule has 1 amide bonds. The predicted molar refractivity (Wildman–Crippen MR) is 91.1 cm³/mol. The zero-order valence-electron chi connectivity index (χ0n) is 13.3. The van der Waals surface area contributed by atoms with Crippen molar-refractivity contribution in [3.05, 3.63) is 28.6 Å². The van der Waals surface area contributed by atoms with E-state index in [-0.39, 0.29) is 11.3 Å². The van der Waals surface area contributed by atoms with Crippen LogP contribution in [0, 0.1) is 10.3 Å². The van der Waals surface area contributed by atoms with Crippen molar-refractivity contribution in [2.45, 2.75) is 32.1 Å². The smallest absolute Gasteiger partial charge is 0.266 e. The zero-order chi connectivity index (χ0) is 16.3. The number of ether oxygens (including phenoxy) is 1. The molecule has 1 aromatic heterocycles. The van der Waals surface area contributed by atoms with Crippen LogP contribution < -0.4 is 5.32 Å². The Labute approximate surface area is 140 Å². The second kappa shape index (κ2) is 6.84. The summed E-state index contributed by atoms with van der Waals surface area (Å²) in [6.45, 7) is 1.44. The summed E-state index contributed by atoms with van der Waals surface area (Å²) in [6, 6.07) is 5.34. The second-order valence-electron chi connectivity index (χ2n) is 6.36. The van der Waals surface area contributed by atoms with Gasteiger partial charge in [0.1, 0.15) is 0 Å². The minimum absolute atomic E-state index is 0.0714. The molecule has 1 aliphatic rings. The summed E-state index contributed by atoms with van der Waals surface area (Å²) in [4.78, 5) is 15.7. The van der Waals surface area contributed by atoms with Gasteiger partial charge in [-0.3, -0.25) is 4.79 Å². The average molecular weight is 334 g/mol. The van der Waals surface area contributed by atoms with Gasteiger partial charge in [-0.25, -0.2) is 0 Å². The number of hydrogen-bond acceptors (Lipinski definition) is 4. The van der Waals surface area contributed by atoms with E-state index in [1.54, 1.807) is 19.2 Å². The Balaban J connectivity index is 1.68. The number of nitrogens with one attached hydrogen (secondary N) is 2. The molecular formula is C17H22N2O3S. The van der Waals surface area contributed by atoms with Gasteiger partial charge in [-0.05, 0) is 55.1 Å². The van der Waals surface area contributed by atoms with Gasteiger partial charge in [-0.1, -0.05) is 12.8 Å². The molecule has 2 aromatic rings. The molecule has 0 saturated heterocycles. The van der Waals surface area contributed by atoms with Crippen molar-refractivity contribution >= 4 is 29.2 Å². The third-order valence-corrected chi connectivity index (χ3v) is 4.99. The van der Waals surface area contributed by atoms with Crippen molar-refractivity contribution in [1.82, 2.24) is 10.3 Å². The number of H-pyrrole nitrogens is 1. The molecular weight excluding hydrogens is 312 g/mol. The number of carbonyl (C=O) groups excluding carboxylic acids is 1. The van der Waals surface area contributed by atoms with Crippen molar-refractivity contribution in [1.29, 1.82) is 0 Å². The van der Waals surface area contributed by atoms with Crippen molar-refractivity contribution in [3.63, 3.8) is 0 Å². The SMILES string of the molecule is COCCC1(CNC(=O)c2ccc3[nH]c(=S)oc3c2)CCCC1. The van der Waals surface area contributed by atoms with Gasteiger partial charge in [0.05, 0.1) is 5.52 Å². The monoisotopic (exact) mass is 334 g/mol. The van der Waals surface area contributed by atoms with Gasteiger partial charge in [-0.15, -0.1) is 0 Å². The highest BCUT2D eigenvalue weighted by Gasteiger charge is 2.33. The van der Waals surface area contributed by atoms with E-state index in [0.29, 0.717) is 22.5 Å². The highest BCUT2D eigenvalue weighted by molar-refractivity contribution is 7.71. The first kappa shape index (κ1) is 16.2. The largest absolute Gasteiger partial charge is 0.429 e. The Hall–Kier alpha value is -1.66. The fraction of sp³-hybridized carbons (Fsp3) is 0.529. The highest BCUT2D eigenvalue weighted by Crippen LogP contribution is 2.40. The minimum Gasteiger partial charge on any atom is -0.429 e. The molecule has 0 unspecified atom stereocenters. The van der Waals surface area contributed by atoms with E-state index in [4.69, 9.17) is 21.4 Å². The van der Waals surface area contributed by atoms with E-state index in [0.717, 1.165) is 31.4 Å². The number of fused-ring (bicyclic) bond motifs is 1. The molecule has 1 aromatic carbocycles. The molecule has 2 N–H and O–H groups in total. The molecule has 0 radical (unpaired) electrons. The minimum atomic E-state index is -0.0714. The van der Waals surface area contributed by atoms with Crippen LogP contribution in [0.3, 0.4) is 0 Å². The van der Waals surface area contributed by atoms with Crippen molar-refractivity contribution in [3.8, 4) is 0 Å². The standard InChI is InChI=1S/C17H22N2O3S/c1-21-9-8-17(6-2-3-7-17)11-18-15(20)12-4-5-13-14(10-12)22-16(23)19-13/h4-5,10H,2-3,6-9,11H2,1H3,(H,18,20)(H,19,23). The number of oxazole rings is 1. The van der Waals surface area contributed by atoms with Crippen molar-refractivity contribution in [2.24, 2.45) is 5.41 Å². The summed E-state index contributed by atoms with van der Waals surface area (Å²) >= 11 is 4.97. The molecule has 3 rings (SSSR count). The third kappa shape index (κ3) is 3.64. The van der Waals surface area contributed by atoms with Crippen molar-refractivity contribution in [2.75, 3.05) is 20.3 Å². The van der Waals surface area contributed by atoms with E-state index >= 15 is 0 Å². The molecule has 23 heavy (non-hydrogen) atoms. The van der Waals surface area contributed by atoms with Crippen LogP contribution in [0.4, 0.5) is 0 Å². The van der Waals surface area contributed by atoms with Crippen LogP contribution in [0.15, 0.2) is 22.6 Å². The Morgan fingerprint density at radius 2 is 2.22 bits per heavy atom. The fourth-order valence-electron chi connectivity index (χ4n) is 3.42. The average Bonchev–Trinajstić information content (AvgIpc) is 3.16. The summed E-state index contributed by atoms with van der Waals surface area (Å²) in [6.07, 6.45) is 5.77. The topological polar surface area (TPSA) is 67.3 Å². The van der Waals surface area contributed by atoms with E-state index < -0.39 is 0 Å². The van der Waals surface area contributed by atoms with Crippen LogP contribution in [-0.4, -0.2) is 31.2 Å². The van der Waals surface area contributed by atoms with Gasteiger partial charge in [0.25, 0.3) is 10.7 Å². The summed E-state index contributed by atoms with van der Waals surface area (Å²) < 4.78 is 10.6. The highest BCUT2D eigenvalue weighted by atomic mass is 32.1. The van der Waals surface area contributed by atoms with E-state index in [1.165, 1.54) is 12.8 Å². The van der Waals surface area contributed by atoms with Crippen LogP contribution in [0.25, 0.3) is 11.1 Å². The first-order valence-electron chi connectivity index (χ1n) is 8.02. The maximum absolute atomic E-state index is 12.4. The lowest BCUT2D eigenvalue weighted by Gasteiger charge is -2.29. The van der Waals surface area contributed by atoms with Crippen LogP contribution in [0.2, 0.25) is 0 Å². The number of amides is 1. The van der Waals surface area contributed by atoms with Crippen molar-refractivity contribution < 1.29 is 13.9 Å². The van der Waals surface area contributed by atoms with Gasteiger partial charge in [-0.2, -0.15) is 0 Å². The Morgan fingerprint density at radius 3 is 2.96 bits per heavy atom. The molecule has 6 heteroatoms. The Kier molecular flexibility index (Phi) is 4.82. The number of aromatic nitrogens is 1. The van der Waals surface area contributed by atoms with Gasteiger partial charge in [0.2, 0.25) is 0 Å². The van der Waals surface area contributed by atoms with E-state index in [2.05, 4.69) is 10.3 Å². The fourth-order valence-corrected chi connectivity index (χ4v) is 3.61. The van der Waals surface area contributed by atoms with Gasteiger partial charge >= 0.3 is 0 Å². The number of methoxy groups -OCH3 is 1. The summed E-state index contributed by atoms with van der Waals surface area (Å²) in [5.74, 6) is -0.0714. The molecule has 1 fully saturated rings. The number of carbonyl (C=O) groups is 1. The molecule has 1 saturated carbocycles. The maximum atomic E-state index is 12.4. The third-order valence-electron chi connectivity index (χ3n) is 4.81. The normalized spacial score (nSPS) is 16.7. The van der Waals surface area contributed by atoms with Crippen LogP contribution >= 0.6 is 12.2 Å². The molecule has 5 nitrogen and oxygen atoms in total. The Morgan fingerprint density at radius 1 is 1.43 bits per heavy atom. The quantitative estimate of drug-likeness (QED) is 0.788. The summed E-state index contributed by atoms with van der Waals surface area (Å²) in [7, 11) is 1.73. The first-order chi connectivity index (χ1) is 11.1. The van der Waals surface area contributed by atoms with Gasteiger partial charge in [0.15, 0.2) is 5.58 Å². The number of rotatable bonds is 6. The van der Waals surface area contributed by atoms with Crippen LogP contribution in [0.5, 0.6) is 0 Å². The Bertz CT molecular complexity index is 744. The lowest BCUT2D eigenvalue weighted by molar-refractivity contribution is 0.0903. The van der Waals surface area contributed by atoms with E-state index in [9.17, 15) is 4.79 Å². The maximum Gasteiger partial charge on any atom is 0.266 e. The van der Waals surface area contributed by atoms with E-state index in [1.807, 2.05) is 6.07 Å². The molecule has 0 atom stereocenters. The predicted octanol–water partition coefficient (Wildman–Crippen LogP) is 3.82. The molecule has 0 bridgehead atoms. The lowest BCUT2D eigenvalue weighted by Crippen LogP contribution is -2.36. The molecule has 1 aliphatic carbocycles. The lowest BCUT2D eigenvalue weighted by atomic mass is 9.83. The molecule has 0 spiro atoms. The number of hydrogen-bond donors (Lipinski definition) is 2. The first-order valence-corrected chi connectivity index (χ1v) is 8.43. The van der Waals surface area contributed by atoms with Gasteiger partial charge in [0, 0.05) is 25.8 Å². The summed E-state index contributed by atoms with van der Waals surface area (Å²) in [5.41, 5.74) is 2.19. The number of aromatic amines is 1. The molecule has 0 aliphatic heterocycles. The van der Waals surface area contributed by atoms with Crippen LogP contribution in [0.1, 0.15) is 42.5 Å². The number of benzene rings is 1. The molecule has 124 valence electrons. The van der Waals surface area contributed by atoms with Crippen LogP contribution in [-0.2, 0) is 4.74 Å². The zero-order valence-corrected chi connectivity index (χ0v) is 14.1. The van der Waals surface area contributed by atoms with Gasteiger partial charge < -0.3 is 19.5 Å². The second-order valence-corrected chi connectivity index (χ2v) is 6.73. The molecule has 1 heterocycles. The summed E-state index contributed by atoms with van der Waals surface area (Å²) in [5, 5.41) is 3.09.